The van der Waals surface area contributed by atoms with Gasteiger partial charge in [-0.15, -0.1) is 0 Å². The molecule has 1 aliphatic rings. The van der Waals surface area contributed by atoms with Crippen molar-refractivity contribution < 1.29 is 14.3 Å². The second kappa shape index (κ2) is 8.32. The van der Waals surface area contributed by atoms with Crippen LogP contribution >= 0.6 is 11.6 Å². The fraction of sp³-hybridized carbons (Fsp3) is 0.368. The molecule has 0 saturated carbocycles. The Morgan fingerprint density at radius 2 is 2.04 bits per heavy atom. The normalized spacial score (nSPS) is 16.2. The number of ether oxygens (including phenoxy) is 2. The average Bonchev–Trinajstić information content (AvgIpc) is 2.65. The van der Waals surface area contributed by atoms with Crippen molar-refractivity contribution in [2.45, 2.75) is 31.9 Å². The molecule has 2 aromatic rings. The van der Waals surface area contributed by atoms with Gasteiger partial charge in [-0.1, -0.05) is 41.9 Å². The lowest BCUT2D eigenvalue weighted by atomic mass is 10.1. The summed E-state index contributed by atoms with van der Waals surface area (Å²) in [5.74, 6) is 0.143. The van der Waals surface area contributed by atoms with E-state index in [1.54, 1.807) is 6.07 Å². The third-order valence-electron chi connectivity index (χ3n) is 4.16. The summed E-state index contributed by atoms with van der Waals surface area (Å²) in [5, 5.41) is 3.28. The Labute approximate surface area is 152 Å². The standard InChI is InChI=1S/C19H21ClN2O3/c1-13(14-5-3-2-4-6-14)22-18(23)15-11-17(20)19(21-12-15)25-16-7-9-24-10-8-16/h2-6,11-13,16H,7-10H2,1H3,(H,22,23). The van der Waals surface area contributed by atoms with Crippen LogP contribution in [0.4, 0.5) is 0 Å². The van der Waals surface area contributed by atoms with Crippen molar-refractivity contribution in [1.82, 2.24) is 10.3 Å². The molecule has 6 heteroatoms. The molecule has 1 aromatic carbocycles. The van der Waals surface area contributed by atoms with E-state index in [1.165, 1.54) is 6.20 Å². The van der Waals surface area contributed by atoms with Crippen LogP contribution in [0.3, 0.4) is 0 Å². The van der Waals surface area contributed by atoms with Gasteiger partial charge in [-0.25, -0.2) is 4.98 Å². The highest BCUT2D eigenvalue weighted by molar-refractivity contribution is 6.32. The molecule has 1 aliphatic heterocycles. The minimum absolute atomic E-state index is 0.0523. The van der Waals surface area contributed by atoms with E-state index in [0.29, 0.717) is 29.7 Å². The van der Waals surface area contributed by atoms with Gasteiger partial charge < -0.3 is 14.8 Å². The first-order valence-electron chi connectivity index (χ1n) is 8.39. The molecule has 0 aliphatic carbocycles. The predicted octanol–water partition coefficient (Wildman–Crippen LogP) is 3.78. The molecule has 5 nitrogen and oxygen atoms in total. The molecule has 0 spiro atoms. The minimum Gasteiger partial charge on any atom is -0.473 e. The number of carbonyl (C=O) groups is 1. The van der Waals surface area contributed by atoms with Crippen LogP contribution < -0.4 is 10.1 Å². The summed E-state index contributed by atoms with van der Waals surface area (Å²) in [6, 6.07) is 11.3. The van der Waals surface area contributed by atoms with E-state index in [1.807, 2.05) is 37.3 Å². The van der Waals surface area contributed by atoms with Crippen molar-refractivity contribution in [3.63, 3.8) is 0 Å². The van der Waals surface area contributed by atoms with E-state index in [2.05, 4.69) is 10.3 Å². The minimum atomic E-state index is -0.219. The topological polar surface area (TPSA) is 60.5 Å². The average molecular weight is 361 g/mol. The summed E-state index contributed by atoms with van der Waals surface area (Å²) >= 11 is 6.25. The summed E-state index contributed by atoms with van der Waals surface area (Å²) in [5.41, 5.74) is 1.45. The Morgan fingerprint density at radius 3 is 2.72 bits per heavy atom. The van der Waals surface area contributed by atoms with Crippen LogP contribution in [0, 0.1) is 0 Å². The number of halogens is 1. The van der Waals surface area contributed by atoms with Crippen LogP contribution in [0.1, 0.15) is 41.7 Å². The molecule has 1 N–H and O–H groups in total. The van der Waals surface area contributed by atoms with E-state index < -0.39 is 0 Å². The monoisotopic (exact) mass is 360 g/mol. The molecule has 1 fully saturated rings. The van der Waals surface area contributed by atoms with Gasteiger partial charge in [0.2, 0.25) is 5.88 Å². The van der Waals surface area contributed by atoms with Gasteiger partial charge >= 0.3 is 0 Å². The smallest absolute Gasteiger partial charge is 0.253 e. The quantitative estimate of drug-likeness (QED) is 0.881. The van der Waals surface area contributed by atoms with Crippen molar-refractivity contribution in [3.8, 4) is 5.88 Å². The second-order valence-electron chi connectivity index (χ2n) is 6.05. The lowest BCUT2D eigenvalue weighted by Gasteiger charge is -2.23. The number of hydrogen-bond acceptors (Lipinski definition) is 4. The van der Waals surface area contributed by atoms with E-state index >= 15 is 0 Å². The molecule has 1 amide bonds. The van der Waals surface area contributed by atoms with E-state index in [-0.39, 0.29) is 18.1 Å². The Hall–Kier alpha value is -2.11. The summed E-state index contributed by atoms with van der Waals surface area (Å²) in [4.78, 5) is 16.6. The number of nitrogens with one attached hydrogen (secondary N) is 1. The Balaban J connectivity index is 1.64. The summed E-state index contributed by atoms with van der Waals surface area (Å²) < 4.78 is 11.1. The lowest BCUT2D eigenvalue weighted by molar-refractivity contribution is 0.0238. The van der Waals surface area contributed by atoms with Crippen molar-refractivity contribution in [2.75, 3.05) is 13.2 Å². The number of pyridine rings is 1. The first-order chi connectivity index (χ1) is 12.1. The Bertz CT molecular complexity index is 718. The molecule has 3 rings (SSSR count). The molecule has 0 bridgehead atoms. The largest absolute Gasteiger partial charge is 0.473 e. The second-order valence-corrected chi connectivity index (χ2v) is 6.45. The highest BCUT2D eigenvalue weighted by atomic mass is 35.5. The highest BCUT2D eigenvalue weighted by Gasteiger charge is 2.19. The molecule has 1 saturated heterocycles. The zero-order chi connectivity index (χ0) is 17.6. The van der Waals surface area contributed by atoms with Gasteiger partial charge in [0.05, 0.1) is 24.8 Å². The highest BCUT2D eigenvalue weighted by Crippen LogP contribution is 2.26. The maximum Gasteiger partial charge on any atom is 0.253 e. The van der Waals surface area contributed by atoms with Crippen molar-refractivity contribution in [1.29, 1.82) is 0 Å². The van der Waals surface area contributed by atoms with Crippen molar-refractivity contribution in [3.05, 3.63) is 58.7 Å². The van der Waals surface area contributed by atoms with E-state index in [0.717, 1.165) is 18.4 Å². The first kappa shape index (κ1) is 17.7. The van der Waals surface area contributed by atoms with Gasteiger partial charge in [-0.3, -0.25) is 4.79 Å². The predicted molar refractivity (Wildman–Crippen MR) is 96.0 cm³/mol. The molecular formula is C19H21ClN2O3. The summed E-state index contributed by atoms with van der Waals surface area (Å²) in [7, 11) is 0. The van der Waals surface area contributed by atoms with Crippen molar-refractivity contribution >= 4 is 17.5 Å². The molecule has 2 heterocycles. The SMILES string of the molecule is CC(NC(=O)c1cnc(OC2CCOCC2)c(Cl)c1)c1ccccc1. The molecule has 25 heavy (non-hydrogen) atoms. The molecule has 1 aromatic heterocycles. The number of rotatable bonds is 5. The molecule has 1 atom stereocenters. The third kappa shape index (κ3) is 4.71. The van der Waals surface area contributed by atoms with Crippen LogP contribution in [-0.4, -0.2) is 30.2 Å². The van der Waals surface area contributed by atoms with Crippen LogP contribution in [0.15, 0.2) is 42.6 Å². The Morgan fingerprint density at radius 1 is 1.32 bits per heavy atom. The van der Waals surface area contributed by atoms with Gasteiger partial charge in [0.15, 0.2) is 0 Å². The summed E-state index contributed by atoms with van der Waals surface area (Å²) in [6.45, 7) is 3.30. The zero-order valence-electron chi connectivity index (χ0n) is 14.1. The number of carbonyl (C=O) groups excluding carboxylic acids is 1. The molecular weight excluding hydrogens is 340 g/mol. The number of amides is 1. The fourth-order valence-corrected chi connectivity index (χ4v) is 2.90. The van der Waals surface area contributed by atoms with Gasteiger partial charge in [-0.2, -0.15) is 0 Å². The summed E-state index contributed by atoms with van der Waals surface area (Å²) in [6.07, 6.45) is 3.17. The maximum absolute atomic E-state index is 12.4. The lowest BCUT2D eigenvalue weighted by Crippen LogP contribution is -2.27. The fourth-order valence-electron chi connectivity index (χ4n) is 2.69. The van der Waals surface area contributed by atoms with Gasteiger partial charge in [0.25, 0.3) is 5.91 Å². The number of aromatic nitrogens is 1. The van der Waals surface area contributed by atoms with Crippen molar-refractivity contribution in [2.24, 2.45) is 0 Å². The van der Waals surface area contributed by atoms with E-state index in [9.17, 15) is 4.79 Å². The van der Waals surface area contributed by atoms with Crippen LogP contribution in [0.5, 0.6) is 5.88 Å². The zero-order valence-corrected chi connectivity index (χ0v) is 14.8. The number of hydrogen-bond donors (Lipinski definition) is 1. The first-order valence-corrected chi connectivity index (χ1v) is 8.77. The maximum atomic E-state index is 12.4. The van der Waals surface area contributed by atoms with Crippen LogP contribution in [0.25, 0.3) is 0 Å². The van der Waals surface area contributed by atoms with Gasteiger partial charge in [-0.05, 0) is 18.6 Å². The van der Waals surface area contributed by atoms with Gasteiger partial charge in [0.1, 0.15) is 11.1 Å². The van der Waals surface area contributed by atoms with Gasteiger partial charge in [0, 0.05) is 19.0 Å². The van der Waals surface area contributed by atoms with Crippen LogP contribution in [-0.2, 0) is 4.74 Å². The van der Waals surface area contributed by atoms with E-state index in [4.69, 9.17) is 21.1 Å². The molecule has 0 radical (unpaired) electrons. The number of benzene rings is 1. The third-order valence-corrected chi connectivity index (χ3v) is 4.43. The van der Waals surface area contributed by atoms with Crippen LogP contribution in [0.2, 0.25) is 5.02 Å². The molecule has 132 valence electrons. The number of nitrogens with zero attached hydrogens (tertiary/aromatic N) is 1. The molecule has 1 unspecified atom stereocenters. The Kier molecular flexibility index (Phi) is 5.89.